The Morgan fingerprint density at radius 3 is 3.10 bits per heavy atom. The topological polar surface area (TPSA) is 97.2 Å². The van der Waals surface area contributed by atoms with Crippen molar-refractivity contribution >= 4 is 23.2 Å². The van der Waals surface area contributed by atoms with Gasteiger partial charge in [-0.25, -0.2) is 4.98 Å². The Bertz CT molecular complexity index is 517. The molecule has 1 aliphatic rings. The monoisotopic (exact) mass is 298 g/mol. The fourth-order valence-electron chi connectivity index (χ4n) is 2.15. The lowest BCUT2D eigenvalue weighted by molar-refractivity contribution is -0.385. The van der Waals surface area contributed by atoms with Crippen molar-refractivity contribution in [3.63, 3.8) is 0 Å². The van der Waals surface area contributed by atoms with Crippen molar-refractivity contribution in [1.82, 2.24) is 15.6 Å². The van der Waals surface area contributed by atoms with E-state index in [0.29, 0.717) is 12.6 Å². The number of carbonyl (C=O) groups excluding carboxylic acids is 1. The zero-order valence-corrected chi connectivity index (χ0v) is 11.5. The Morgan fingerprint density at radius 1 is 1.65 bits per heavy atom. The number of nitrogens with one attached hydrogen (secondary N) is 2. The Morgan fingerprint density at radius 2 is 2.45 bits per heavy atom. The molecule has 0 bridgehead atoms. The van der Waals surface area contributed by atoms with Crippen LogP contribution in [0.15, 0.2) is 12.3 Å². The van der Waals surface area contributed by atoms with Crippen molar-refractivity contribution in [2.75, 3.05) is 13.1 Å². The minimum Gasteiger partial charge on any atom is -0.352 e. The number of hydrogen-bond donors (Lipinski definition) is 2. The van der Waals surface area contributed by atoms with Crippen LogP contribution in [-0.4, -0.2) is 34.9 Å². The standard InChI is InChI=1S/C12H15ClN4O3/c13-11-10(6-9(7-16-11)17(19)20)12(18)15-5-3-8-2-1-4-14-8/h6-8,14H,1-5H2,(H,15,18)/t8-/m0/s1. The maximum atomic E-state index is 11.9. The van der Waals surface area contributed by atoms with Crippen molar-refractivity contribution < 1.29 is 9.72 Å². The van der Waals surface area contributed by atoms with Crippen LogP contribution in [0.25, 0.3) is 0 Å². The van der Waals surface area contributed by atoms with Gasteiger partial charge in [-0.1, -0.05) is 11.6 Å². The van der Waals surface area contributed by atoms with Crippen molar-refractivity contribution in [2.45, 2.75) is 25.3 Å². The van der Waals surface area contributed by atoms with Gasteiger partial charge >= 0.3 is 0 Å². The zero-order valence-electron chi connectivity index (χ0n) is 10.8. The molecule has 1 fully saturated rings. The number of halogens is 1. The highest BCUT2D eigenvalue weighted by Gasteiger charge is 2.18. The fourth-order valence-corrected chi connectivity index (χ4v) is 2.34. The molecule has 1 aliphatic heterocycles. The van der Waals surface area contributed by atoms with Gasteiger partial charge in [0, 0.05) is 18.7 Å². The summed E-state index contributed by atoms with van der Waals surface area (Å²) in [5.41, 5.74) is -0.225. The van der Waals surface area contributed by atoms with Gasteiger partial charge in [0.2, 0.25) is 0 Å². The zero-order chi connectivity index (χ0) is 14.5. The van der Waals surface area contributed by atoms with Crippen molar-refractivity contribution in [3.8, 4) is 0 Å². The van der Waals surface area contributed by atoms with E-state index in [4.69, 9.17) is 11.6 Å². The number of nitrogens with zero attached hydrogens (tertiary/aromatic N) is 2. The van der Waals surface area contributed by atoms with E-state index in [2.05, 4.69) is 15.6 Å². The molecular formula is C12H15ClN4O3. The summed E-state index contributed by atoms with van der Waals surface area (Å²) in [4.78, 5) is 25.6. The highest BCUT2D eigenvalue weighted by molar-refractivity contribution is 6.32. The SMILES string of the molecule is O=C(NCC[C@@H]1CCCN1)c1cc([N+](=O)[O-])cnc1Cl. The van der Waals surface area contributed by atoms with Crippen LogP contribution in [-0.2, 0) is 0 Å². The van der Waals surface area contributed by atoms with E-state index in [-0.39, 0.29) is 16.4 Å². The molecule has 2 heterocycles. The van der Waals surface area contributed by atoms with Crippen LogP contribution in [0.2, 0.25) is 5.15 Å². The highest BCUT2D eigenvalue weighted by atomic mass is 35.5. The summed E-state index contributed by atoms with van der Waals surface area (Å²) in [7, 11) is 0. The number of hydrogen-bond acceptors (Lipinski definition) is 5. The highest BCUT2D eigenvalue weighted by Crippen LogP contribution is 2.19. The average molecular weight is 299 g/mol. The first-order valence-electron chi connectivity index (χ1n) is 6.39. The number of pyridine rings is 1. The minimum atomic E-state index is -0.609. The molecule has 0 unspecified atom stereocenters. The molecule has 2 N–H and O–H groups in total. The first-order chi connectivity index (χ1) is 9.58. The molecule has 1 saturated heterocycles. The molecule has 1 aromatic heterocycles. The van der Waals surface area contributed by atoms with Gasteiger partial charge in [0.15, 0.2) is 0 Å². The molecule has 1 aromatic rings. The second-order valence-corrected chi connectivity index (χ2v) is 4.98. The van der Waals surface area contributed by atoms with Crippen LogP contribution >= 0.6 is 11.6 Å². The lowest BCUT2D eigenvalue weighted by Crippen LogP contribution is -2.30. The summed E-state index contributed by atoms with van der Waals surface area (Å²) in [6.45, 7) is 1.51. The summed E-state index contributed by atoms with van der Waals surface area (Å²) in [6.07, 6.45) is 4.11. The third-order valence-corrected chi connectivity index (χ3v) is 3.52. The lowest BCUT2D eigenvalue weighted by atomic mass is 10.1. The number of carbonyl (C=O) groups is 1. The van der Waals surface area contributed by atoms with E-state index in [9.17, 15) is 14.9 Å². The Kier molecular flexibility index (Phi) is 4.86. The van der Waals surface area contributed by atoms with Gasteiger partial charge in [0.25, 0.3) is 11.6 Å². The molecule has 0 aromatic carbocycles. The molecule has 1 amide bonds. The van der Waals surface area contributed by atoms with E-state index in [1.165, 1.54) is 0 Å². The van der Waals surface area contributed by atoms with Gasteiger partial charge in [-0.05, 0) is 25.8 Å². The lowest BCUT2D eigenvalue weighted by Gasteiger charge is -2.11. The third kappa shape index (κ3) is 3.64. The molecule has 108 valence electrons. The van der Waals surface area contributed by atoms with Crippen LogP contribution in [0.5, 0.6) is 0 Å². The van der Waals surface area contributed by atoms with Gasteiger partial charge in [-0.2, -0.15) is 0 Å². The van der Waals surface area contributed by atoms with Gasteiger partial charge in [0.1, 0.15) is 11.3 Å². The first-order valence-corrected chi connectivity index (χ1v) is 6.77. The van der Waals surface area contributed by atoms with Crippen LogP contribution in [0.1, 0.15) is 29.6 Å². The summed E-state index contributed by atoms with van der Waals surface area (Å²) in [6, 6.07) is 1.56. The predicted molar refractivity (Wildman–Crippen MR) is 73.9 cm³/mol. The van der Waals surface area contributed by atoms with Crippen LogP contribution in [0.4, 0.5) is 5.69 Å². The van der Waals surface area contributed by atoms with E-state index in [1.54, 1.807) is 0 Å². The smallest absolute Gasteiger partial charge is 0.288 e. The largest absolute Gasteiger partial charge is 0.352 e. The molecule has 0 radical (unpaired) electrons. The summed E-state index contributed by atoms with van der Waals surface area (Å²) in [5.74, 6) is -0.441. The van der Waals surface area contributed by atoms with Crippen LogP contribution < -0.4 is 10.6 Å². The van der Waals surface area contributed by atoms with Crippen molar-refractivity contribution in [3.05, 3.63) is 33.1 Å². The molecule has 1 atom stereocenters. The molecule has 2 rings (SSSR count). The normalized spacial score (nSPS) is 17.9. The second kappa shape index (κ2) is 6.62. The molecule has 0 aliphatic carbocycles. The summed E-state index contributed by atoms with van der Waals surface area (Å²) in [5, 5.41) is 16.7. The Hall–Kier alpha value is -1.73. The molecule has 7 nitrogen and oxygen atoms in total. The Balaban J connectivity index is 1.94. The number of rotatable bonds is 5. The fraction of sp³-hybridized carbons (Fsp3) is 0.500. The van der Waals surface area contributed by atoms with Crippen molar-refractivity contribution in [1.29, 1.82) is 0 Å². The van der Waals surface area contributed by atoms with E-state index < -0.39 is 10.8 Å². The van der Waals surface area contributed by atoms with Crippen LogP contribution in [0.3, 0.4) is 0 Å². The minimum absolute atomic E-state index is 0.0280. The average Bonchev–Trinajstić information content (AvgIpc) is 2.92. The molecule has 20 heavy (non-hydrogen) atoms. The molecule has 8 heteroatoms. The number of nitro groups is 1. The predicted octanol–water partition coefficient (Wildman–Crippen LogP) is 1.52. The summed E-state index contributed by atoms with van der Waals surface area (Å²) >= 11 is 5.79. The maximum absolute atomic E-state index is 11.9. The van der Waals surface area contributed by atoms with Crippen LogP contribution in [0, 0.1) is 10.1 Å². The maximum Gasteiger partial charge on any atom is 0.288 e. The quantitative estimate of drug-likeness (QED) is 0.488. The van der Waals surface area contributed by atoms with Gasteiger partial charge in [-0.15, -0.1) is 0 Å². The first kappa shape index (κ1) is 14.7. The third-order valence-electron chi connectivity index (χ3n) is 3.22. The van der Waals surface area contributed by atoms with Gasteiger partial charge in [0.05, 0.1) is 10.5 Å². The molecular weight excluding hydrogens is 284 g/mol. The van der Waals surface area contributed by atoms with Gasteiger partial charge in [-0.3, -0.25) is 14.9 Å². The number of aromatic nitrogens is 1. The summed E-state index contributed by atoms with van der Waals surface area (Å²) < 4.78 is 0. The second-order valence-electron chi connectivity index (χ2n) is 4.63. The van der Waals surface area contributed by atoms with Crippen molar-refractivity contribution in [2.24, 2.45) is 0 Å². The number of amides is 1. The van der Waals surface area contributed by atoms with E-state index in [0.717, 1.165) is 38.1 Å². The van der Waals surface area contributed by atoms with Gasteiger partial charge < -0.3 is 10.6 Å². The molecule has 0 spiro atoms. The van der Waals surface area contributed by atoms with E-state index >= 15 is 0 Å². The molecule has 0 saturated carbocycles. The van der Waals surface area contributed by atoms with E-state index in [1.807, 2.05) is 0 Å². The Labute approximate surface area is 120 Å².